The summed E-state index contributed by atoms with van der Waals surface area (Å²) in [5, 5.41) is 15.1. The van der Waals surface area contributed by atoms with Gasteiger partial charge in [0.05, 0.1) is 0 Å². The van der Waals surface area contributed by atoms with E-state index in [0.717, 1.165) is 34.5 Å². The molecular weight excluding hydrogens is 346 g/mol. The van der Waals surface area contributed by atoms with E-state index >= 15 is 0 Å². The quantitative estimate of drug-likeness (QED) is 0.679. The van der Waals surface area contributed by atoms with E-state index in [2.05, 4.69) is 15.8 Å². The molecule has 2 heterocycles. The van der Waals surface area contributed by atoms with Crippen molar-refractivity contribution in [2.24, 2.45) is 5.10 Å². The molecule has 9 heteroatoms. The number of hydrogen-bond acceptors (Lipinski definition) is 7. The molecule has 3 rings (SSSR count). The Labute approximate surface area is 148 Å². The summed E-state index contributed by atoms with van der Waals surface area (Å²) in [5.74, 6) is 0.0983. The molecular formula is C16H17N3O5S. The summed E-state index contributed by atoms with van der Waals surface area (Å²) in [4.78, 5) is 22.5. The number of hydrogen-bond donors (Lipinski definition) is 3. The molecule has 25 heavy (non-hydrogen) atoms. The van der Waals surface area contributed by atoms with Crippen molar-refractivity contribution in [2.45, 2.75) is 25.0 Å². The first-order valence-electron chi connectivity index (χ1n) is 7.59. The molecule has 0 aliphatic carbocycles. The summed E-state index contributed by atoms with van der Waals surface area (Å²) >= 11 is 1.01. The Hall–Kier alpha value is -2.68. The van der Waals surface area contributed by atoms with Crippen molar-refractivity contribution in [1.29, 1.82) is 0 Å². The third-order valence-electron chi connectivity index (χ3n) is 3.56. The highest BCUT2D eigenvalue weighted by molar-refractivity contribution is 8.15. The molecule has 0 unspecified atom stereocenters. The molecule has 1 fully saturated rings. The van der Waals surface area contributed by atoms with Crippen LogP contribution in [0.15, 0.2) is 35.1 Å². The lowest BCUT2D eigenvalue weighted by atomic mass is 10.1. The zero-order chi connectivity index (χ0) is 17.8. The van der Waals surface area contributed by atoms with E-state index in [1.807, 2.05) is 31.2 Å². The van der Waals surface area contributed by atoms with Gasteiger partial charge >= 0.3 is 5.97 Å². The predicted octanol–water partition coefficient (Wildman–Crippen LogP) is 1.43. The Kier molecular flexibility index (Phi) is 5.13. The number of amidine groups is 1. The Balaban J connectivity index is 1.58. The van der Waals surface area contributed by atoms with E-state index in [9.17, 15) is 9.59 Å². The third-order valence-corrected chi connectivity index (χ3v) is 4.63. The van der Waals surface area contributed by atoms with Gasteiger partial charge in [0.2, 0.25) is 12.7 Å². The fourth-order valence-electron chi connectivity index (χ4n) is 2.26. The summed E-state index contributed by atoms with van der Waals surface area (Å²) in [6, 6.07) is 5.75. The number of nitrogens with zero attached hydrogens (tertiary/aromatic N) is 1. The summed E-state index contributed by atoms with van der Waals surface area (Å²) < 4.78 is 10.6. The number of thioether (sulfide) groups is 1. The standard InChI is InChI=1S/C16H17N3O5S/c1-9(2-3-10-4-5-11-12(6-10)24-8-23-11)18-19-16-17-14(20)7-13(25-16)15(21)22/h2,4-6,13,18H,3,7-8H2,1H3,(H,21,22)(H,17,19,20)/b9-2-/t13-/m1/s1. The Morgan fingerprint density at radius 1 is 1.48 bits per heavy atom. The summed E-state index contributed by atoms with van der Waals surface area (Å²) in [6.45, 7) is 2.08. The van der Waals surface area contributed by atoms with Gasteiger partial charge in [0.1, 0.15) is 5.25 Å². The maximum atomic E-state index is 11.5. The van der Waals surface area contributed by atoms with Crippen molar-refractivity contribution < 1.29 is 24.2 Å². The maximum Gasteiger partial charge on any atom is 0.317 e. The van der Waals surface area contributed by atoms with Crippen LogP contribution < -0.4 is 20.2 Å². The highest BCUT2D eigenvalue weighted by atomic mass is 32.2. The number of nitrogens with one attached hydrogen (secondary N) is 2. The molecule has 0 spiro atoms. The molecule has 1 aromatic carbocycles. The summed E-state index contributed by atoms with van der Waals surface area (Å²) in [6.07, 6.45) is 2.54. The van der Waals surface area contributed by atoms with E-state index in [-0.39, 0.29) is 24.3 Å². The number of carboxylic acids is 1. The largest absolute Gasteiger partial charge is 0.480 e. The van der Waals surface area contributed by atoms with Crippen LogP contribution >= 0.6 is 11.8 Å². The van der Waals surface area contributed by atoms with Crippen molar-refractivity contribution in [1.82, 2.24) is 10.7 Å². The number of fused-ring (bicyclic) bond motifs is 1. The van der Waals surface area contributed by atoms with Gasteiger partial charge in [-0.15, -0.1) is 0 Å². The predicted molar refractivity (Wildman–Crippen MR) is 92.4 cm³/mol. The van der Waals surface area contributed by atoms with Gasteiger partial charge in [-0.05, 0) is 31.0 Å². The van der Waals surface area contributed by atoms with Gasteiger partial charge < -0.3 is 19.9 Å². The minimum Gasteiger partial charge on any atom is -0.480 e. The molecule has 0 bridgehead atoms. The van der Waals surface area contributed by atoms with Crippen molar-refractivity contribution >= 4 is 28.8 Å². The number of rotatable bonds is 5. The van der Waals surface area contributed by atoms with E-state index in [0.29, 0.717) is 6.42 Å². The lowest BCUT2D eigenvalue weighted by Gasteiger charge is -2.19. The molecule has 3 N–H and O–H groups in total. The van der Waals surface area contributed by atoms with Crippen LogP contribution in [0.5, 0.6) is 11.5 Å². The second-order valence-corrected chi connectivity index (χ2v) is 6.70. The highest BCUT2D eigenvalue weighted by Crippen LogP contribution is 2.32. The van der Waals surface area contributed by atoms with E-state index < -0.39 is 11.2 Å². The summed E-state index contributed by atoms with van der Waals surface area (Å²) in [7, 11) is 0. The van der Waals surface area contributed by atoms with Gasteiger partial charge in [0.25, 0.3) is 0 Å². The minimum absolute atomic E-state index is 0.0576. The highest BCUT2D eigenvalue weighted by Gasteiger charge is 2.29. The number of carbonyl (C=O) groups excluding carboxylic acids is 1. The Morgan fingerprint density at radius 2 is 2.28 bits per heavy atom. The number of ether oxygens (including phenoxy) is 2. The Morgan fingerprint density at radius 3 is 3.08 bits per heavy atom. The number of carboxylic acid groups (broad SMARTS) is 1. The minimum atomic E-state index is -1.03. The molecule has 1 atom stereocenters. The van der Waals surface area contributed by atoms with Crippen molar-refractivity contribution in [3.63, 3.8) is 0 Å². The number of carbonyl (C=O) groups is 2. The van der Waals surface area contributed by atoms with Crippen LogP contribution in [-0.2, 0) is 16.0 Å². The van der Waals surface area contributed by atoms with Crippen LogP contribution in [0.4, 0.5) is 0 Å². The zero-order valence-electron chi connectivity index (χ0n) is 13.4. The molecule has 1 aromatic rings. The zero-order valence-corrected chi connectivity index (χ0v) is 14.3. The number of hydrazone groups is 1. The van der Waals surface area contributed by atoms with Crippen LogP contribution in [0.25, 0.3) is 0 Å². The van der Waals surface area contributed by atoms with Gasteiger partial charge in [-0.3, -0.25) is 15.0 Å². The smallest absolute Gasteiger partial charge is 0.317 e. The molecule has 0 saturated carbocycles. The summed E-state index contributed by atoms with van der Waals surface area (Å²) in [5.41, 5.74) is 4.65. The topological polar surface area (TPSA) is 109 Å². The molecule has 1 saturated heterocycles. The second kappa shape index (κ2) is 7.47. The van der Waals surface area contributed by atoms with Crippen LogP contribution in [0.2, 0.25) is 0 Å². The maximum absolute atomic E-state index is 11.5. The fourth-order valence-corrected chi connectivity index (χ4v) is 3.14. The normalized spacial score (nSPS) is 21.2. The lowest BCUT2D eigenvalue weighted by Crippen LogP contribution is -2.40. The molecule has 2 aliphatic rings. The van der Waals surface area contributed by atoms with E-state index in [1.165, 1.54) is 0 Å². The lowest BCUT2D eigenvalue weighted by molar-refractivity contribution is -0.138. The SMILES string of the molecule is C/C(=C/Cc1ccc2c(c1)OCO2)N/N=C1\NC(=O)C[C@H](C(=O)O)S1. The first kappa shape index (κ1) is 17.2. The van der Waals surface area contributed by atoms with Crippen molar-refractivity contribution in [3.8, 4) is 11.5 Å². The molecule has 2 aliphatic heterocycles. The van der Waals surface area contributed by atoms with Crippen LogP contribution in [-0.4, -0.2) is 34.2 Å². The van der Waals surface area contributed by atoms with E-state index in [1.54, 1.807) is 0 Å². The average molecular weight is 363 g/mol. The van der Waals surface area contributed by atoms with Crippen LogP contribution in [0.3, 0.4) is 0 Å². The number of aliphatic carboxylic acids is 1. The van der Waals surface area contributed by atoms with Crippen LogP contribution in [0, 0.1) is 0 Å². The second-order valence-electron chi connectivity index (χ2n) is 5.50. The Bertz CT molecular complexity index is 762. The molecule has 0 aromatic heterocycles. The third kappa shape index (κ3) is 4.44. The number of allylic oxidation sites excluding steroid dienone is 2. The first-order valence-corrected chi connectivity index (χ1v) is 8.47. The van der Waals surface area contributed by atoms with Gasteiger partial charge in [-0.1, -0.05) is 23.9 Å². The number of amides is 1. The first-order chi connectivity index (χ1) is 12.0. The van der Waals surface area contributed by atoms with Gasteiger partial charge in [-0.2, -0.15) is 5.10 Å². The molecule has 132 valence electrons. The van der Waals surface area contributed by atoms with Gasteiger partial charge in [0.15, 0.2) is 16.7 Å². The monoisotopic (exact) mass is 363 g/mol. The van der Waals surface area contributed by atoms with Gasteiger partial charge in [-0.25, -0.2) is 0 Å². The average Bonchev–Trinajstić information content (AvgIpc) is 3.05. The molecule has 1 amide bonds. The van der Waals surface area contributed by atoms with Gasteiger partial charge in [0, 0.05) is 12.1 Å². The van der Waals surface area contributed by atoms with Crippen molar-refractivity contribution in [2.75, 3.05) is 6.79 Å². The molecule has 0 radical (unpaired) electrons. The van der Waals surface area contributed by atoms with Crippen LogP contribution in [0.1, 0.15) is 18.9 Å². The van der Waals surface area contributed by atoms with E-state index in [4.69, 9.17) is 14.6 Å². The number of benzene rings is 1. The van der Waals surface area contributed by atoms with Crippen molar-refractivity contribution in [3.05, 3.63) is 35.5 Å². The fraction of sp³-hybridized carbons (Fsp3) is 0.312. The molecule has 8 nitrogen and oxygen atoms in total.